The predicted octanol–water partition coefficient (Wildman–Crippen LogP) is 1.74. The van der Waals surface area contributed by atoms with Crippen LogP contribution in [0, 0.1) is 0 Å². The van der Waals surface area contributed by atoms with Crippen molar-refractivity contribution in [1.82, 2.24) is 15.1 Å². The molecule has 0 spiro atoms. The minimum Gasteiger partial charge on any atom is -0.497 e. The highest BCUT2D eigenvalue weighted by Crippen LogP contribution is 2.21. The number of amides is 3. The lowest BCUT2D eigenvalue weighted by Crippen LogP contribution is -2.60. The van der Waals surface area contributed by atoms with E-state index in [1.807, 2.05) is 55.5 Å². The highest BCUT2D eigenvalue weighted by molar-refractivity contribution is 5.98. The van der Waals surface area contributed by atoms with E-state index in [0.717, 1.165) is 55.3 Å². The summed E-state index contributed by atoms with van der Waals surface area (Å²) in [6, 6.07) is 14.8. The average Bonchev–Trinajstić information content (AvgIpc) is 2.90. The normalized spacial score (nSPS) is 18.5. The molecule has 0 bridgehead atoms. The highest BCUT2D eigenvalue weighted by Gasteiger charge is 2.35. The molecule has 0 aromatic heterocycles. The number of anilines is 2. The lowest BCUT2D eigenvalue weighted by molar-refractivity contribution is -0.145. The number of aryl methyl sites for hydroxylation is 1. The first kappa shape index (κ1) is 25.5. The molecule has 192 valence electrons. The smallest absolute Gasteiger partial charge is 0.243 e. The molecule has 2 aliphatic heterocycles. The second-order valence-corrected chi connectivity index (χ2v) is 9.12. The molecule has 0 aliphatic carbocycles. The Hall–Kier alpha value is -3.59. The molecule has 2 aromatic carbocycles. The van der Waals surface area contributed by atoms with Gasteiger partial charge in [0.15, 0.2) is 0 Å². The van der Waals surface area contributed by atoms with E-state index in [1.54, 1.807) is 12.0 Å². The molecule has 2 saturated heterocycles. The van der Waals surface area contributed by atoms with E-state index in [0.29, 0.717) is 13.1 Å². The van der Waals surface area contributed by atoms with Gasteiger partial charge in [-0.2, -0.15) is 0 Å². The zero-order valence-corrected chi connectivity index (χ0v) is 21.0. The number of carbonyl (C=O) groups excluding carboxylic acids is 3. The summed E-state index contributed by atoms with van der Waals surface area (Å²) in [6.45, 7) is 6.17. The maximum atomic E-state index is 13.2. The number of para-hydroxylation sites is 1. The van der Waals surface area contributed by atoms with Gasteiger partial charge in [-0.25, -0.2) is 0 Å². The van der Waals surface area contributed by atoms with Crippen molar-refractivity contribution in [1.29, 1.82) is 0 Å². The van der Waals surface area contributed by atoms with Gasteiger partial charge in [-0.1, -0.05) is 25.1 Å². The molecule has 4 rings (SSSR count). The molecule has 0 radical (unpaired) electrons. The largest absolute Gasteiger partial charge is 0.497 e. The Balaban J connectivity index is 1.32. The van der Waals surface area contributed by atoms with Gasteiger partial charge in [0.05, 0.1) is 20.1 Å². The number of nitrogens with zero attached hydrogens (tertiary/aromatic N) is 3. The molecule has 9 nitrogen and oxygen atoms in total. The van der Waals surface area contributed by atoms with Crippen LogP contribution in [0.2, 0.25) is 0 Å². The molecule has 2 N–H and O–H groups in total. The fraction of sp³-hybridized carbons (Fsp3) is 0.444. The summed E-state index contributed by atoms with van der Waals surface area (Å²) in [5.74, 6) is 0.155. The average molecular weight is 494 g/mol. The Morgan fingerprint density at radius 2 is 1.75 bits per heavy atom. The summed E-state index contributed by atoms with van der Waals surface area (Å²) >= 11 is 0. The summed E-state index contributed by atoms with van der Waals surface area (Å²) in [6.07, 6.45) is 0.720. The molecule has 9 heteroatoms. The SMILES string of the molecule is CCc1ccccc1NC(=O)C[C@H]1C(=O)NCCN1C(=O)CN1CCN(c2ccc(OC)cc2)CC1. The van der Waals surface area contributed by atoms with Crippen molar-refractivity contribution in [2.24, 2.45) is 0 Å². The Kier molecular flexibility index (Phi) is 8.43. The molecule has 2 fully saturated rings. The number of carbonyl (C=O) groups is 3. The van der Waals surface area contributed by atoms with Gasteiger partial charge in [-0.15, -0.1) is 0 Å². The molecule has 0 unspecified atom stereocenters. The topological polar surface area (TPSA) is 94.2 Å². The number of nitrogens with one attached hydrogen (secondary N) is 2. The number of piperazine rings is 2. The molecule has 1 atom stereocenters. The summed E-state index contributed by atoms with van der Waals surface area (Å²) in [5, 5.41) is 5.72. The van der Waals surface area contributed by atoms with Crippen molar-refractivity contribution in [3.05, 3.63) is 54.1 Å². The quantitative estimate of drug-likeness (QED) is 0.582. The molecule has 3 amide bonds. The first-order valence-corrected chi connectivity index (χ1v) is 12.5. The van der Waals surface area contributed by atoms with E-state index >= 15 is 0 Å². The van der Waals surface area contributed by atoms with Crippen LogP contribution in [0.1, 0.15) is 18.9 Å². The molecular formula is C27H35N5O4. The van der Waals surface area contributed by atoms with Crippen LogP contribution >= 0.6 is 0 Å². The van der Waals surface area contributed by atoms with Gasteiger partial charge >= 0.3 is 0 Å². The molecule has 0 saturated carbocycles. The minimum atomic E-state index is -0.805. The van der Waals surface area contributed by atoms with Crippen molar-refractivity contribution in [2.75, 3.05) is 63.1 Å². The number of ether oxygens (including phenoxy) is 1. The molecule has 2 aromatic rings. The third kappa shape index (κ3) is 6.15. The van der Waals surface area contributed by atoms with Gasteiger partial charge in [0.25, 0.3) is 0 Å². The van der Waals surface area contributed by atoms with Crippen LogP contribution in [0.3, 0.4) is 0 Å². The second-order valence-electron chi connectivity index (χ2n) is 9.12. The third-order valence-electron chi connectivity index (χ3n) is 6.87. The van der Waals surface area contributed by atoms with Crippen molar-refractivity contribution in [3.8, 4) is 5.75 Å². The number of methoxy groups -OCH3 is 1. The lowest BCUT2D eigenvalue weighted by atomic mass is 10.1. The molecule has 2 aliphatic rings. The van der Waals surface area contributed by atoms with Crippen LogP contribution in [0.15, 0.2) is 48.5 Å². The van der Waals surface area contributed by atoms with Crippen LogP contribution in [0.4, 0.5) is 11.4 Å². The summed E-state index contributed by atoms with van der Waals surface area (Å²) in [5.41, 5.74) is 2.90. The zero-order valence-electron chi connectivity index (χ0n) is 21.0. The Bertz CT molecular complexity index is 1070. The molecule has 2 heterocycles. The predicted molar refractivity (Wildman–Crippen MR) is 139 cm³/mol. The van der Waals surface area contributed by atoms with Gasteiger partial charge in [0, 0.05) is 50.6 Å². The number of hydrogen-bond donors (Lipinski definition) is 2. The van der Waals surface area contributed by atoms with Crippen molar-refractivity contribution >= 4 is 29.1 Å². The van der Waals surface area contributed by atoms with Crippen LogP contribution in [-0.4, -0.2) is 86.5 Å². The lowest BCUT2D eigenvalue weighted by Gasteiger charge is -2.39. The van der Waals surface area contributed by atoms with Crippen molar-refractivity contribution in [3.63, 3.8) is 0 Å². The summed E-state index contributed by atoms with van der Waals surface area (Å²) in [4.78, 5) is 44.7. The fourth-order valence-electron chi connectivity index (χ4n) is 4.78. The van der Waals surface area contributed by atoms with E-state index in [-0.39, 0.29) is 30.7 Å². The maximum Gasteiger partial charge on any atom is 0.243 e. The molecule has 36 heavy (non-hydrogen) atoms. The second kappa shape index (κ2) is 11.9. The highest BCUT2D eigenvalue weighted by atomic mass is 16.5. The van der Waals surface area contributed by atoms with Gasteiger partial charge in [0.1, 0.15) is 11.8 Å². The van der Waals surface area contributed by atoms with E-state index < -0.39 is 6.04 Å². The standard InChI is InChI=1S/C27H35N5O4/c1-3-20-6-4-5-7-23(20)29-25(33)18-24-27(35)28-12-13-32(24)26(34)19-30-14-16-31(17-15-30)21-8-10-22(36-2)11-9-21/h4-11,24H,3,12-19H2,1-2H3,(H,28,35)(H,29,33)/t24-/m0/s1. The van der Waals surface area contributed by atoms with Gasteiger partial charge in [-0.05, 0) is 42.3 Å². The van der Waals surface area contributed by atoms with Crippen LogP contribution in [0.5, 0.6) is 5.75 Å². The number of hydrogen-bond acceptors (Lipinski definition) is 6. The van der Waals surface area contributed by atoms with E-state index in [2.05, 4.69) is 20.4 Å². The summed E-state index contributed by atoms with van der Waals surface area (Å²) in [7, 11) is 1.65. The van der Waals surface area contributed by atoms with E-state index in [4.69, 9.17) is 4.74 Å². The van der Waals surface area contributed by atoms with Gasteiger partial charge in [-0.3, -0.25) is 19.3 Å². The molecular weight excluding hydrogens is 458 g/mol. The first-order valence-electron chi connectivity index (χ1n) is 12.5. The zero-order chi connectivity index (χ0) is 25.5. The fourth-order valence-corrected chi connectivity index (χ4v) is 4.78. The first-order chi connectivity index (χ1) is 17.5. The van der Waals surface area contributed by atoms with Crippen molar-refractivity contribution < 1.29 is 19.1 Å². The number of rotatable bonds is 8. The summed E-state index contributed by atoms with van der Waals surface area (Å²) < 4.78 is 5.23. The Morgan fingerprint density at radius 1 is 1.03 bits per heavy atom. The number of benzene rings is 2. The van der Waals surface area contributed by atoms with Crippen LogP contribution in [0.25, 0.3) is 0 Å². The maximum absolute atomic E-state index is 13.2. The van der Waals surface area contributed by atoms with Crippen LogP contribution in [-0.2, 0) is 20.8 Å². The minimum absolute atomic E-state index is 0.0686. The van der Waals surface area contributed by atoms with E-state index in [1.165, 1.54) is 0 Å². The van der Waals surface area contributed by atoms with Crippen molar-refractivity contribution in [2.45, 2.75) is 25.8 Å². The van der Waals surface area contributed by atoms with E-state index in [9.17, 15) is 14.4 Å². The Labute approximate surface area is 212 Å². The van der Waals surface area contributed by atoms with Gasteiger partial charge < -0.3 is 25.2 Å². The van der Waals surface area contributed by atoms with Gasteiger partial charge in [0.2, 0.25) is 17.7 Å². The third-order valence-corrected chi connectivity index (χ3v) is 6.87. The monoisotopic (exact) mass is 493 g/mol. The Morgan fingerprint density at radius 3 is 2.44 bits per heavy atom. The van der Waals surface area contributed by atoms with Crippen LogP contribution < -0.4 is 20.3 Å².